The van der Waals surface area contributed by atoms with Crippen molar-refractivity contribution < 1.29 is 9.53 Å². The summed E-state index contributed by atoms with van der Waals surface area (Å²) in [5.41, 5.74) is 1.13. The molecule has 0 spiro atoms. The zero-order chi connectivity index (χ0) is 15.1. The molecule has 0 aliphatic carbocycles. The Kier molecular flexibility index (Phi) is 6.05. The number of carbonyl (C=O) groups excluding carboxylic acids is 1. The molecule has 1 aromatic rings. The fourth-order valence-corrected chi connectivity index (χ4v) is 2.59. The zero-order valence-corrected chi connectivity index (χ0v) is 13.1. The number of amides is 1. The summed E-state index contributed by atoms with van der Waals surface area (Å²) in [4.78, 5) is 14.0. The fourth-order valence-electron chi connectivity index (χ4n) is 2.59. The van der Waals surface area contributed by atoms with Gasteiger partial charge in [-0.2, -0.15) is 0 Å². The van der Waals surface area contributed by atoms with Gasteiger partial charge in [-0.15, -0.1) is 0 Å². The van der Waals surface area contributed by atoms with Crippen LogP contribution in [0.15, 0.2) is 24.3 Å². The first-order chi connectivity index (χ1) is 10.3. The summed E-state index contributed by atoms with van der Waals surface area (Å²) >= 11 is 0. The van der Waals surface area contributed by atoms with Crippen molar-refractivity contribution in [2.75, 3.05) is 19.7 Å². The first-order valence-electron chi connectivity index (χ1n) is 8.01. The van der Waals surface area contributed by atoms with E-state index in [0.717, 1.165) is 37.3 Å². The summed E-state index contributed by atoms with van der Waals surface area (Å²) in [5.74, 6) is 1.09. The highest BCUT2D eigenvalue weighted by atomic mass is 16.5. The standard InChI is InChI=1S/C17H26N2O2/c1-3-5-6-11-19-16(20)13-18-17(19)14-7-9-15(10-8-14)21-12-4-2/h7-10,17-18H,3-6,11-13H2,1-2H3. The molecule has 4 nitrogen and oxygen atoms in total. The van der Waals surface area contributed by atoms with Crippen LogP contribution >= 0.6 is 0 Å². The van der Waals surface area contributed by atoms with Crippen LogP contribution in [0.1, 0.15) is 51.3 Å². The maximum absolute atomic E-state index is 12.0. The first kappa shape index (κ1) is 15.8. The van der Waals surface area contributed by atoms with E-state index in [-0.39, 0.29) is 12.1 Å². The normalized spacial score (nSPS) is 18.3. The Labute approximate surface area is 127 Å². The van der Waals surface area contributed by atoms with E-state index in [2.05, 4.69) is 19.2 Å². The van der Waals surface area contributed by atoms with Crippen LogP contribution in [-0.4, -0.2) is 30.5 Å². The lowest BCUT2D eigenvalue weighted by Crippen LogP contribution is -2.31. The number of unbranched alkanes of at least 4 members (excludes halogenated alkanes) is 2. The average Bonchev–Trinajstić information content (AvgIpc) is 2.87. The number of hydrogen-bond donors (Lipinski definition) is 1. The van der Waals surface area contributed by atoms with Crippen molar-refractivity contribution in [1.29, 1.82) is 0 Å². The second kappa shape index (κ2) is 8.03. The van der Waals surface area contributed by atoms with Gasteiger partial charge in [0.15, 0.2) is 0 Å². The predicted molar refractivity (Wildman–Crippen MR) is 84.2 cm³/mol. The van der Waals surface area contributed by atoms with Gasteiger partial charge in [0.25, 0.3) is 0 Å². The summed E-state index contributed by atoms with van der Waals surface area (Å²) in [6.07, 6.45) is 4.42. The van der Waals surface area contributed by atoms with Crippen LogP contribution in [0.5, 0.6) is 5.75 Å². The summed E-state index contributed by atoms with van der Waals surface area (Å²) < 4.78 is 5.60. The maximum Gasteiger partial charge on any atom is 0.238 e. The first-order valence-corrected chi connectivity index (χ1v) is 8.01. The fraction of sp³-hybridized carbons (Fsp3) is 0.588. The molecule has 0 aromatic heterocycles. The lowest BCUT2D eigenvalue weighted by atomic mass is 10.1. The van der Waals surface area contributed by atoms with Crippen LogP contribution in [0.25, 0.3) is 0 Å². The zero-order valence-electron chi connectivity index (χ0n) is 13.1. The number of nitrogens with one attached hydrogen (secondary N) is 1. The molecule has 1 N–H and O–H groups in total. The van der Waals surface area contributed by atoms with Gasteiger partial charge < -0.3 is 9.64 Å². The minimum atomic E-state index is 0.00887. The van der Waals surface area contributed by atoms with E-state index in [4.69, 9.17) is 4.74 Å². The van der Waals surface area contributed by atoms with E-state index < -0.39 is 0 Å². The Morgan fingerprint density at radius 3 is 2.62 bits per heavy atom. The van der Waals surface area contributed by atoms with Gasteiger partial charge in [0, 0.05) is 6.54 Å². The largest absolute Gasteiger partial charge is 0.494 e. The minimum Gasteiger partial charge on any atom is -0.494 e. The molecule has 1 aliphatic rings. The second-order valence-electron chi connectivity index (χ2n) is 5.50. The molecule has 1 unspecified atom stereocenters. The van der Waals surface area contributed by atoms with E-state index in [0.29, 0.717) is 6.54 Å². The van der Waals surface area contributed by atoms with Crippen molar-refractivity contribution in [2.45, 2.75) is 45.7 Å². The molecule has 1 aromatic carbocycles. The van der Waals surface area contributed by atoms with Crippen LogP contribution in [0.2, 0.25) is 0 Å². The van der Waals surface area contributed by atoms with Crippen molar-refractivity contribution >= 4 is 5.91 Å². The lowest BCUT2D eigenvalue weighted by Gasteiger charge is -2.24. The van der Waals surface area contributed by atoms with Gasteiger partial charge in [-0.05, 0) is 30.5 Å². The van der Waals surface area contributed by atoms with E-state index in [1.807, 2.05) is 29.2 Å². The summed E-state index contributed by atoms with van der Waals surface area (Å²) in [6, 6.07) is 8.07. The molecule has 1 fully saturated rings. The summed E-state index contributed by atoms with van der Waals surface area (Å²) in [7, 11) is 0. The number of carbonyl (C=O) groups is 1. The van der Waals surface area contributed by atoms with Crippen LogP contribution in [0.3, 0.4) is 0 Å². The number of nitrogens with zero attached hydrogens (tertiary/aromatic N) is 1. The quantitative estimate of drug-likeness (QED) is 0.748. The Morgan fingerprint density at radius 1 is 1.19 bits per heavy atom. The average molecular weight is 290 g/mol. The Morgan fingerprint density at radius 2 is 1.95 bits per heavy atom. The molecule has 2 rings (SSSR count). The van der Waals surface area contributed by atoms with Crippen LogP contribution < -0.4 is 10.1 Å². The number of benzene rings is 1. The Hall–Kier alpha value is -1.55. The van der Waals surface area contributed by atoms with Gasteiger partial charge in [-0.1, -0.05) is 38.8 Å². The molecule has 1 saturated heterocycles. The summed E-state index contributed by atoms with van der Waals surface area (Å²) in [5, 5.41) is 3.30. The van der Waals surface area contributed by atoms with E-state index in [1.165, 1.54) is 12.8 Å². The highest BCUT2D eigenvalue weighted by Gasteiger charge is 2.30. The van der Waals surface area contributed by atoms with E-state index in [1.54, 1.807) is 0 Å². The SMILES string of the molecule is CCCCCN1C(=O)CNC1c1ccc(OCCC)cc1. The molecule has 1 atom stereocenters. The monoisotopic (exact) mass is 290 g/mol. The third kappa shape index (κ3) is 4.21. The number of rotatable bonds is 8. The third-order valence-corrected chi connectivity index (χ3v) is 3.75. The van der Waals surface area contributed by atoms with Crippen LogP contribution in [0.4, 0.5) is 0 Å². The minimum absolute atomic E-state index is 0.00887. The molecule has 1 amide bonds. The predicted octanol–water partition coefficient (Wildman–Crippen LogP) is 3.10. The molecule has 4 heteroatoms. The van der Waals surface area contributed by atoms with Crippen molar-refractivity contribution in [1.82, 2.24) is 10.2 Å². The van der Waals surface area contributed by atoms with Gasteiger partial charge >= 0.3 is 0 Å². The highest BCUT2D eigenvalue weighted by molar-refractivity contribution is 5.80. The van der Waals surface area contributed by atoms with Crippen LogP contribution in [-0.2, 0) is 4.79 Å². The molecule has 0 bridgehead atoms. The molecule has 0 saturated carbocycles. The molecule has 1 aliphatic heterocycles. The third-order valence-electron chi connectivity index (χ3n) is 3.75. The number of hydrogen-bond acceptors (Lipinski definition) is 3. The van der Waals surface area contributed by atoms with Crippen molar-refractivity contribution in [3.8, 4) is 5.75 Å². The lowest BCUT2D eigenvalue weighted by molar-refractivity contribution is -0.128. The maximum atomic E-state index is 12.0. The molecule has 21 heavy (non-hydrogen) atoms. The summed E-state index contributed by atoms with van der Waals surface area (Å²) in [6.45, 7) is 6.28. The van der Waals surface area contributed by atoms with Crippen molar-refractivity contribution in [2.24, 2.45) is 0 Å². The molecule has 0 radical (unpaired) electrons. The number of ether oxygens (including phenoxy) is 1. The van der Waals surface area contributed by atoms with E-state index >= 15 is 0 Å². The molecule has 116 valence electrons. The highest BCUT2D eigenvalue weighted by Crippen LogP contribution is 2.25. The van der Waals surface area contributed by atoms with Gasteiger partial charge in [0.2, 0.25) is 5.91 Å². The Bertz CT molecular complexity index is 445. The topological polar surface area (TPSA) is 41.6 Å². The van der Waals surface area contributed by atoms with Gasteiger partial charge in [-0.25, -0.2) is 0 Å². The van der Waals surface area contributed by atoms with E-state index in [9.17, 15) is 4.79 Å². The molecule has 1 heterocycles. The Balaban J connectivity index is 1.99. The van der Waals surface area contributed by atoms with Gasteiger partial charge in [-0.3, -0.25) is 10.1 Å². The molecular formula is C17H26N2O2. The van der Waals surface area contributed by atoms with Crippen molar-refractivity contribution in [3.05, 3.63) is 29.8 Å². The van der Waals surface area contributed by atoms with Gasteiger partial charge in [0.05, 0.1) is 13.2 Å². The van der Waals surface area contributed by atoms with Crippen molar-refractivity contribution in [3.63, 3.8) is 0 Å². The smallest absolute Gasteiger partial charge is 0.238 e. The van der Waals surface area contributed by atoms with Crippen LogP contribution in [0, 0.1) is 0 Å². The molecular weight excluding hydrogens is 264 g/mol. The van der Waals surface area contributed by atoms with Gasteiger partial charge in [0.1, 0.15) is 11.9 Å². The second-order valence-corrected chi connectivity index (χ2v) is 5.50.